The quantitative estimate of drug-likeness (QED) is 0.868. The van der Waals surface area contributed by atoms with Gasteiger partial charge < -0.3 is 15.1 Å². The van der Waals surface area contributed by atoms with Crippen molar-refractivity contribution in [3.63, 3.8) is 0 Å². The van der Waals surface area contributed by atoms with Gasteiger partial charge in [-0.15, -0.1) is 0 Å². The third-order valence-electron chi connectivity index (χ3n) is 4.10. The lowest BCUT2D eigenvalue weighted by Gasteiger charge is -2.36. The van der Waals surface area contributed by atoms with Crippen LogP contribution in [0.5, 0.6) is 0 Å². The van der Waals surface area contributed by atoms with Gasteiger partial charge in [0.2, 0.25) is 0 Å². The van der Waals surface area contributed by atoms with Gasteiger partial charge in [-0.25, -0.2) is 4.39 Å². The maximum absolute atomic E-state index is 13.0. The SMILES string of the molecule is C[C@H](C(=O)NC(C)(C)C)[NH+]1CCN(c2ccc(F)cc2)CC1. The smallest absolute Gasteiger partial charge is 0.278 e. The molecule has 1 heterocycles. The fourth-order valence-electron chi connectivity index (χ4n) is 2.80. The fraction of sp³-hybridized carbons (Fsp3) is 0.588. The molecule has 1 fully saturated rings. The highest BCUT2D eigenvalue weighted by atomic mass is 19.1. The van der Waals surface area contributed by atoms with Gasteiger partial charge in [-0.1, -0.05) is 0 Å². The molecule has 1 aliphatic heterocycles. The molecule has 1 saturated heterocycles. The number of rotatable bonds is 3. The van der Waals surface area contributed by atoms with Crippen molar-refractivity contribution in [2.75, 3.05) is 31.1 Å². The lowest BCUT2D eigenvalue weighted by atomic mass is 10.1. The first kappa shape index (κ1) is 16.7. The molecular weight excluding hydrogens is 281 g/mol. The second-order valence-corrected chi connectivity index (χ2v) is 7.08. The number of halogens is 1. The number of carbonyl (C=O) groups excluding carboxylic acids is 1. The van der Waals surface area contributed by atoms with E-state index >= 15 is 0 Å². The van der Waals surface area contributed by atoms with Crippen molar-refractivity contribution in [1.29, 1.82) is 0 Å². The molecule has 1 atom stereocenters. The molecule has 22 heavy (non-hydrogen) atoms. The lowest BCUT2D eigenvalue weighted by molar-refractivity contribution is -0.914. The van der Waals surface area contributed by atoms with Crippen LogP contribution in [-0.2, 0) is 4.79 Å². The Morgan fingerprint density at radius 2 is 1.77 bits per heavy atom. The summed E-state index contributed by atoms with van der Waals surface area (Å²) in [6.07, 6.45) is 0. The van der Waals surface area contributed by atoms with Crippen LogP contribution in [0.3, 0.4) is 0 Å². The van der Waals surface area contributed by atoms with Crippen LogP contribution in [-0.4, -0.2) is 43.7 Å². The molecule has 122 valence electrons. The Balaban J connectivity index is 1.88. The maximum Gasteiger partial charge on any atom is 0.278 e. The van der Waals surface area contributed by atoms with Crippen molar-refractivity contribution in [2.24, 2.45) is 0 Å². The van der Waals surface area contributed by atoms with Crippen LogP contribution in [0.25, 0.3) is 0 Å². The molecule has 0 radical (unpaired) electrons. The van der Waals surface area contributed by atoms with Gasteiger partial charge in [0.25, 0.3) is 5.91 Å². The topological polar surface area (TPSA) is 36.8 Å². The van der Waals surface area contributed by atoms with E-state index in [-0.39, 0.29) is 23.3 Å². The molecule has 0 unspecified atom stereocenters. The lowest BCUT2D eigenvalue weighted by Crippen LogP contribution is -3.19. The third kappa shape index (κ3) is 4.44. The fourth-order valence-corrected chi connectivity index (χ4v) is 2.80. The normalized spacial score (nSPS) is 18.1. The maximum atomic E-state index is 13.0. The predicted octanol–water partition coefficient (Wildman–Crippen LogP) is 0.834. The molecule has 0 aromatic heterocycles. The Morgan fingerprint density at radius 1 is 1.23 bits per heavy atom. The number of benzene rings is 1. The van der Waals surface area contributed by atoms with Gasteiger partial charge in [0.1, 0.15) is 5.82 Å². The number of piperazine rings is 1. The van der Waals surface area contributed by atoms with E-state index in [1.807, 2.05) is 39.8 Å². The molecule has 5 heteroatoms. The van der Waals surface area contributed by atoms with E-state index in [4.69, 9.17) is 0 Å². The number of quaternary nitrogens is 1. The molecule has 0 aliphatic carbocycles. The van der Waals surface area contributed by atoms with E-state index in [9.17, 15) is 9.18 Å². The monoisotopic (exact) mass is 308 g/mol. The van der Waals surface area contributed by atoms with E-state index in [0.29, 0.717) is 0 Å². The largest absolute Gasteiger partial charge is 0.360 e. The molecule has 4 nitrogen and oxygen atoms in total. The number of amides is 1. The number of carbonyl (C=O) groups is 1. The van der Waals surface area contributed by atoms with Gasteiger partial charge >= 0.3 is 0 Å². The summed E-state index contributed by atoms with van der Waals surface area (Å²) in [5.41, 5.74) is 0.855. The standard InChI is InChI=1S/C17H26FN3O/c1-13(16(22)19-17(2,3)4)20-9-11-21(12-10-20)15-7-5-14(18)6-8-15/h5-8,13H,9-12H2,1-4H3,(H,19,22)/p+1/t13-/m1/s1. The van der Waals surface area contributed by atoms with Crippen LogP contribution in [0.2, 0.25) is 0 Å². The van der Waals surface area contributed by atoms with Gasteiger partial charge in [0.05, 0.1) is 26.2 Å². The van der Waals surface area contributed by atoms with Crippen LogP contribution in [0, 0.1) is 5.82 Å². The van der Waals surface area contributed by atoms with E-state index in [0.717, 1.165) is 31.9 Å². The molecule has 2 N–H and O–H groups in total. The molecule has 0 spiro atoms. The summed E-state index contributed by atoms with van der Waals surface area (Å²) >= 11 is 0. The molecule has 0 bridgehead atoms. The summed E-state index contributed by atoms with van der Waals surface area (Å²) in [6, 6.07) is 6.57. The van der Waals surface area contributed by atoms with Crippen LogP contribution < -0.4 is 15.1 Å². The first-order valence-corrected chi connectivity index (χ1v) is 7.93. The van der Waals surface area contributed by atoms with Crippen molar-refractivity contribution in [2.45, 2.75) is 39.3 Å². The van der Waals surface area contributed by atoms with Crippen molar-refractivity contribution in [3.05, 3.63) is 30.1 Å². The van der Waals surface area contributed by atoms with E-state index in [1.165, 1.54) is 17.0 Å². The highest BCUT2D eigenvalue weighted by Gasteiger charge is 2.30. The molecular formula is C17H27FN3O+. The molecule has 1 amide bonds. The number of hydrogen-bond donors (Lipinski definition) is 2. The van der Waals surface area contributed by atoms with Crippen molar-refractivity contribution >= 4 is 11.6 Å². The molecule has 1 aromatic carbocycles. The Morgan fingerprint density at radius 3 is 2.27 bits per heavy atom. The zero-order chi connectivity index (χ0) is 16.3. The third-order valence-corrected chi connectivity index (χ3v) is 4.10. The highest BCUT2D eigenvalue weighted by molar-refractivity contribution is 5.80. The first-order chi connectivity index (χ1) is 10.3. The summed E-state index contributed by atoms with van der Waals surface area (Å²) in [5.74, 6) is -0.0989. The van der Waals surface area contributed by atoms with Crippen molar-refractivity contribution in [1.82, 2.24) is 5.32 Å². The predicted molar refractivity (Wildman–Crippen MR) is 86.7 cm³/mol. The van der Waals surface area contributed by atoms with Gasteiger partial charge in [-0.2, -0.15) is 0 Å². The summed E-state index contributed by atoms with van der Waals surface area (Å²) < 4.78 is 13.0. The van der Waals surface area contributed by atoms with Gasteiger partial charge in [-0.05, 0) is 52.0 Å². The minimum Gasteiger partial charge on any atom is -0.360 e. The zero-order valence-corrected chi connectivity index (χ0v) is 13.9. The molecule has 0 saturated carbocycles. The van der Waals surface area contributed by atoms with E-state index < -0.39 is 0 Å². The summed E-state index contributed by atoms with van der Waals surface area (Å²) in [4.78, 5) is 15.8. The van der Waals surface area contributed by atoms with Gasteiger partial charge in [0.15, 0.2) is 6.04 Å². The van der Waals surface area contributed by atoms with E-state index in [2.05, 4.69) is 10.2 Å². The van der Waals surface area contributed by atoms with Crippen molar-refractivity contribution in [3.8, 4) is 0 Å². The van der Waals surface area contributed by atoms with Gasteiger partial charge in [0, 0.05) is 11.2 Å². The van der Waals surface area contributed by atoms with Gasteiger partial charge in [-0.3, -0.25) is 4.79 Å². The zero-order valence-electron chi connectivity index (χ0n) is 13.9. The Labute approximate surface area is 132 Å². The second-order valence-electron chi connectivity index (χ2n) is 7.08. The number of anilines is 1. The van der Waals surface area contributed by atoms with Crippen molar-refractivity contribution < 1.29 is 14.1 Å². The molecule has 1 aromatic rings. The Kier molecular flexibility index (Phi) is 5.06. The van der Waals surface area contributed by atoms with Crippen LogP contribution in [0.1, 0.15) is 27.7 Å². The number of nitrogens with one attached hydrogen (secondary N) is 2. The molecule has 2 rings (SSSR count). The minimum atomic E-state index is -0.208. The first-order valence-electron chi connectivity index (χ1n) is 7.93. The minimum absolute atomic E-state index is 0.0467. The van der Waals surface area contributed by atoms with E-state index in [1.54, 1.807) is 0 Å². The van der Waals surface area contributed by atoms with Crippen LogP contribution in [0.4, 0.5) is 10.1 Å². The average molecular weight is 308 g/mol. The summed E-state index contributed by atoms with van der Waals surface area (Å²) in [6.45, 7) is 11.6. The number of hydrogen-bond acceptors (Lipinski definition) is 2. The van der Waals surface area contributed by atoms with Crippen LogP contribution in [0.15, 0.2) is 24.3 Å². The second kappa shape index (κ2) is 6.65. The summed E-state index contributed by atoms with van der Waals surface area (Å²) in [5, 5.41) is 3.05. The number of nitrogens with zero attached hydrogens (tertiary/aromatic N) is 1. The Hall–Kier alpha value is -1.62. The van der Waals surface area contributed by atoms with Crippen LogP contribution >= 0.6 is 0 Å². The summed E-state index contributed by atoms with van der Waals surface area (Å²) in [7, 11) is 0. The Bertz CT molecular complexity index is 502. The average Bonchev–Trinajstić information content (AvgIpc) is 2.46. The highest BCUT2D eigenvalue weighted by Crippen LogP contribution is 2.14. The molecule has 1 aliphatic rings.